The smallest absolute Gasteiger partial charge is 0.252 e. The van der Waals surface area contributed by atoms with E-state index in [1.54, 1.807) is 24.1 Å². The number of benzene rings is 2. The normalized spacial score (nSPS) is 16.2. The summed E-state index contributed by atoms with van der Waals surface area (Å²) in [5.41, 5.74) is 1.70. The van der Waals surface area contributed by atoms with E-state index in [0.717, 1.165) is 16.9 Å². The quantitative estimate of drug-likeness (QED) is 0.654. The van der Waals surface area contributed by atoms with E-state index in [1.165, 1.54) is 17.0 Å². The Kier molecular flexibility index (Phi) is 6.99. The Balaban J connectivity index is 1.83. The number of hydrogen-bond acceptors (Lipinski definition) is 4. The molecular formula is C22H24FN3O3S. The Hall–Kier alpha value is -3.00. The Morgan fingerprint density at radius 1 is 1.10 bits per heavy atom. The third kappa shape index (κ3) is 4.94. The highest BCUT2D eigenvalue weighted by atomic mass is 32.1. The molecule has 0 radical (unpaired) electrons. The summed E-state index contributed by atoms with van der Waals surface area (Å²) in [6.45, 7) is 2.93. The van der Waals surface area contributed by atoms with Crippen molar-refractivity contribution in [3.8, 4) is 5.75 Å². The van der Waals surface area contributed by atoms with E-state index in [-0.39, 0.29) is 30.6 Å². The number of rotatable bonds is 8. The molecule has 0 bridgehead atoms. The summed E-state index contributed by atoms with van der Waals surface area (Å²) < 4.78 is 18.4. The molecule has 0 saturated carbocycles. The molecule has 0 aromatic heterocycles. The minimum Gasteiger partial charge on any atom is -0.497 e. The molecule has 1 aliphatic rings. The van der Waals surface area contributed by atoms with E-state index in [0.29, 0.717) is 18.2 Å². The van der Waals surface area contributed by atoms with Crippen LogP contribution in [0.5, 0.6) is 5.75 Å². The van der Waals surface area contributed by atoms with Crippen LogP contribution in [0.15, 0.2) is 48.5 Å². The minimum atomic E-state index is -0.688. The van der Waals surface area contributed by atoms with E-state index in [4.69, 9.17) is 17.0 Å². The first-order valence-electron chi connectivity index (χ1n) is 9.69. The fraction of sp³-hybridized carbons (Fsp3) is 0.318. The van der Waals surface area contributed by atoms with E-state index in [1.807, 2.05) is 31.2 Å². The van der Waals surface area contributed by atoms with Gasteiger partial charge in [0.1, 0.15) is 17.6 Å². The van der Waals surface area contributed by atoms with Crippen LogP contribution in [0.4, 0.5) is 4.39 Å². The first kappa shape index (κ1) is 21.7. The second-order valence-corrected chi connectivity index (χ2v) is 7.35. The topological polar surface area (TPSA) is 61.9 Å². The molecule has 1 heterocycles. The number of halogens is 1. The van der Waals surface area contributed by atoms with Gasteiger partial charge in [-0.2, -0.15) is 0 Å². The Morgan fingerprint density at radius 2 is 1.70 bits per heavy atom. The molecule has 0 spiro atoms. The summed E-state index contributed by atoms with van der Waals surface area (Å²) in [4.78, 5) is 28.6. The van der Waals surface area contributed by atoms with Crippen LogP contribution in [0.1, 0.15) is 24.5 Å². The Bertz CT molecular complexity index is 918. The molecule has 1 fully saturated rings. The molecular weight excluding hydrogens is 405 g/mol. The molecule has 1 atom stereocenters. The highest BCUT2D eigenvalue weighted by Gasteiger charge is 2.43. The lowest BCUT2D eigenvalue weighted by Crippen LogP contribution is -2.39. The van der Waals surface area contributed by atoms with Crippen LogP contribution in [0.3, 0.4) is 0 Å². The van der Waals surface area contributed by atoms with Gasteiger partial charge in [0.25, 0.3) is 5.91 Å². The van der Waals surface area contributed by atoms with Gasteiger partial charge in [-0.25, -0.2) is 4.39 Å². The van der Waals surface area contributed by atoms with Crippen molar-refractivity contribution in [2.45, 2.75) is 32.5 Å². The van der Waals surface area contributed by atoms with Gasteiger partial charge in [0, 0.05) is 13.1 Å². The van der Waals surface area contributed by atoms with Crippen LogP contribution < -0.4 is 10.1 Å². The SMILES string of the molecule is CCNC(=O)C[C@@H]1C(=O)N(Cc2ccc(F)cc2)C(=S)N1Cc1ccc(OC)cc1. The van der Waals surface area contributed by atoms with Crippen LogP contribution in [-0.2, 0) is 22.7 Å². The highest BCUT2D eigenvalue weighted by molar-refractivity contribution is 7.80. The molecule has 2 aromatic rings. The molecule has 0 unspecified atom stereocenters. The Labute approximate surface area is 180 Å². The van der Waals surface area contributed by atoms with E-state index >= 15 is 0 Å². The van der Waals surface area contributed by atoms with Crippen LogP contribution in [0.2, 0.25) is 0 Å². The van der Waals surface area contributed by atoms with Crippen molar-refractivity contribution in [1.82, 2.24) is 15.1 Å². The average Bonchev–Trinajstić information content (AvgIpc) is 2.95. The van der Waals surface area contributed by atoms with Gasteiger partial charge < -0.3 is 15.0 Å². The molecule has 8 heteroatoms. The van der Waals surface area contributed by atoms with Gasteiger partial charge in [-0.05, 0) is 54.5 Å². The molecule has 2 amide bonds. The summed E-state index contributed by atoms with van der Waals surface area (Å²) in [7, 11) is 1.60. The molecule has 158 valence electrons. The average molecular weight is 430 g/mol. The number of nitrogens with one attached hydrogen (secondary N) is 1. The van der Waals surface area contributed by atoms with Gasteiger partial charge in [-0.3, -0.25) is 14.5 Å². The molecule has 0 aliphatic carbocycles. The maximum atomic E-state index is 13.2. The van der Waals surface area contributed by atoms with Gasteiger partial charge >= 0.3 is 0 Å². The van der Waals surface area contributed by atoms with Crippen LogP contribution in [0, 0.1) is 5.82 Å². The molecule has 1 N–H and O–H groups in total. The second kappa shape index (κ2) is 9.67. The summed E-state index contributed by atoms with van der Waals surface area (Å²) in [5, 5.41) is 3.10. The van der Waals surface area contributed by atoms with Crippen molar-refractivity contribution in [2.24, 2.45) is 0 Å². The maximum absolute atomic E-state index is 13.2. The zero-order valence-electron chi connectivity index (χ0n) is 16.9. The van der Waals surface area contributed by atoms with Gasteiger partial charge in [0.15, 0.2) is 5.11 Å². The summed E-state index contributed by atoms with van der Waals surface area (Å²) in [5.74, 6) is -0.0499. The molecule has 6 nitrogen and oxygen atoms in total. The zero-order chi connectivity index (χ0) is 21.7. The molecule has 2 aromatic carbocycles. The fourth-order valence-electron chi connectivity index (χ4n) is 3.36. The third-order valence-corrected chi connectivity index (χ3v) is 5.38. The summed E-state index contributed by atoms with van der Waals surface area (Å²) in [6, 6.07) is 12.7. The molecule has 1 saturated heterocycles. The van der Waals surface area contributed by atoms with Crippen molar-refractivity contribution in [3.63, 3.8) is 0 Å². The van der Waals surface area contributed by atoms with Crippen LogP contribution >= 0.6 is 12.2 Å². The van der Waals surface area contributed by atoms with Crippen molar-refractivity contribution >= 4 is 29.1 Å². The van der Waals surface area contributed by atoms with Crippen molar-refractivity contribution in [2.75, 3.05) is 13.7 Å². The minimum absolute atomic E-state index is 0.0168. The highest BCUT2D eigenvalue weighted by Crippen LogP contribution is 2.26. The first-order valence-corrected chi connectivity index (χ1v) is 10.1. The number of methoxy groups -OCH3 is 1. The lowest BCUT2D eigenvalue weighted by molar-refractivity contribution is -0.132. The molecule has 3 rings (SSSR count). The van der Waals surface area contributed by atoms with Crippen molar-refractivity contribution in [1.29, 1.82) is 0 Å². The lowest BCUT2D eigenvalue weighted by Gasteiger charge is -2.24. The van der Waals surface area contributed by atoms with Gasteiger partial charge in [-0.15, -0.1) is 0 Å². The number of amides is 2. The van der Waals surface area contributed by atoms with Gasteiger partial charge in [0.2, 0.25) is 5.91 Å². The maximum Gasteiger partial charge on any atom is 0.252 e. The number of hydrogen-bond donors (Lipinski definition) is 1. The third-order valence-electron chi connectivity index (χ3n) is 4.92. The predicted octanol–water partition coefficient (Wildman–Crippen LogP) is 2.86. The largest absolute Gasteiger partial charge is 0.497 e. The monoisotopic (exact) mass is 429 g/mol. The zero-order valence-corrected chi connectivity index (χ0v) is 17.7. The standard InChI is InChI=1S/C22H24FN3O3S/c1-3-24-20(27)12-19-21(28)26(14-15-4-8-17(23)9-5-15)22(30)25(19)13-16-6-10-18(29-2)11-7-16/h4-11,19H,3,12-14H2,1-2H3,(H,24,27)/t19-/m1/s1. The Morgan fingerprint density at radius 3 is 2.30 bits per heavy atom. The number of carbonyl (C=O) groups excluding carboxylic acids is 2. The molecule has 1 aliphatic heterocycles. The van der Waals surface area contributed by atoms with E-state index in [9.17, 15) is 14.0 Å². The van der Waals surface area contributed by atoms with E-state index in [2.05, 4.69) is 5.32 Å². The van der Waals surface area contributed by atoms with Crippen molar-refractivity contribution in [3.05, 3.63) is 65.5 Å². The number of carbonyl (C=O) groups is 2. The number of nitrogens with zero attached hydrogens (tertiary/aromatic N) is 2. The number of thiocarbonyl (C=S) groups is 1. The van der Waals surface area contributed by atoms with Gasteiger partial charge in [0.05, 0.1) is 20.1 Å². The van der Waals surface area contributed by atoms with E-state index < -0.39 is 6.04 Å². The summed E-state index contributed by atoms with van der Waals surface area (Å²) in [6.07, 6.45) is 0.0168. The van der Waals surface area contributed by atoms with Gasteiger partial charge in [-0.1, -0.05) is 24.3 Å². The lowest BCUT2D eigenvalue weighted by atomic mass is 10.1. The van der Waals surface area contributed by atoms with Crippen molar-refractivity contribution < 1.29 is 18.7 Å². The summed E-state index contributed by atoms with van der Waals surface area (Å²) >= 11 is 5.61. The van der Waals surface area contributed by atoms with Crippen LogP contribution in [-0.4, -0.2) is 46.4 Å². The predicted molar refractivity (Wildman–Crippen MR) is 115 cm³/mol. The van der Waals surface area contributed by atoms with Crippen LogP contribution in [0.25, 0.3) is 0 Å². The second-order valence-electron chi connectivity index (χ2n) is 6.98. The fourth-order valence-corrected chi connectivity index (χ4v) is 3.71. The number of ether oxygens (including phenoxy) is 1. The molecule has 30 heavy (non-hydrogen) atoms. The first-order chi connectivity index (χ1) is 14.4.